The molecule has 1 radical (unpaired) electrons. The third kappa shape index (κ3) is 2.24. The minimum Gasteiger partial charge on any atom is -0.256 e. The maximum Gasteiger partial charge on any atom is 0.0704 e. The van der Waals surface area contributed by atoms with E-state index in [9.17, 15) is 0 Å². The van der Waals surface area contributed by atoms with E-state index < -0.39 is 0 Å². The summed E-state index contributed by atoms with van der Waals surface area (Å²) < 4.78 is 0. The molecule has 1 aromatic carbocycles. The van der Waals surface area contributed by atoms with Crippen LogP contribution in [-0.4, -0.2) is 4.98 Å². The molecule has 1 heteroatoms. The Labute approximate surface area is 90.5 Å². The van der Waals surface area contributed by atoms with Gasteiger partial charge in [-0.25, -0.2) is 0 Å². The highest BCUT2D eigenvalue weighted by atomic mass is 14.7. The Morgan fingerprint density at radius 3 is 2.87 bits per heavy atom. The molecule has 2 aromatic rings. The van der Waals surface area contributed by atoms with Crippen LogP contribution in [0.3, 0.4) is 0 Å². The van der Waals surface area contributed by atoms with E-state index in [4.69, 9.17) is 0 Å². The van der Waals surface area contributed by atoms with Crippen LogP contribution in [0.2, 0.25) is 0 Å². The molecule has 15 heavy (non-hydrogen) atoms. The minimum atomic E-state index is 0.311. The summed E-state index contributed by atoms with van der Waals surface area (Å²) in [5.41, 5.74) is 1.02. The van der Waals surface area contributed by atoms with Crippen LogP contribution in [0.1, 0.15) is 12.6 Å². The maximum atomic E-state index is 4.36. The van der Waals surface area contributed by atoms with E-state index in [1.807, 2.05) is 30.5 Å². The lowest BCUT2D eigenvalue weighted by molar-refractivity contribution is 0.941. The molecular formula is C14H14N. The van der Waals surface area contributed by atoms with Gasteiger partial charge in [-0.1, -0.05) is 37.3 Å². The van der Waals surface area contributed by atoms with Crippen LogP contribution >= 0.6 is 0 Å². The third-order valence-corrected chi connectivity index (χ3v) is 2.29. The number of nitrogens with zero attached hydrogens (tertiary/aromatic N) is 1. The molecule has 0 fully saturated rings. The topological polar surface area (TPSA) is 12.9 Å². The molecule has 0 N–H and O–H groups in total. The fourth-order valence-electron chi connectivity index (χ4n) is 1.53. The fourth-order valence-corrected chi connectivity index (χ4v) is 1.53. The number of allylic oxidation sites excluding steroid dienone is 1. The Kier molecular flexibility index (Phi) is 2.82. The van der Waals surface area contributed by atoms with Crippen LogP contribution in [0.4, 0.5) is 0 Å². The molecule has 1 aromatic heterocycles. The molecule has 0 spiro atoms. The summed E-state index contributed by atoms with van der Waals surface area (Å²) in [4.78, 5) is 4.36. The van der Waals surface area contributed by atoms with Gasteiger partial charge in [-0.15, -0.1) is 0 Å². The minimum absolute atomic E-state index is 0.311. The molecule has 1 nitrogen and oxygen atoms in total. The highest BCUT2D eigenvalue weighted by Gasteiger charge is 1.97. The normalized spacial score (nSPS) is 11.7. The molecule has 0 saturated carbocycles. The predicted octanol–water partition coefficient (Wildman–Crippen LogP) is 3.72. The largest absolute Gasteiger partial charge is 0.256 e. The summed E-state index contributed by atoms with van der Waals surface area (Å²) in [6.45, 7) is 5.98. The summed E-state index contributed by atoms with van der Waals surface area (Å²) in [5, 5.41) is 2.42. The Balaban J connectivity index is 2.51. The molecule has 0 bridgehead atoms. The second kappa shape index (κ2) is 4.26. The van der Waals surface area contributed by atoms with Gasteiger partial charge in [-0.2, -0.15) is 0 Å². The van der Waals surface area contributed by atoms with E-state index in [2.05, 4.69) is 37.0 Å². The van der Waals surface area contributed by atoms with E-state index in [-0.39, 0.29) is 0 Å². The van der Waals surface area contributed by atoms with Gasteiger partial charge in [0, 0.05) is 11.6 Å². The van der Waals surface area contributed by atoms with Crippen LogP contribution in [0, 0.1) is 12.8 Å². The molecule has 2 rings (SSSR count). The Morgan fingerprint density at radius 2 is 2.07 bits per heavy atom. The van der Waals surface area contributed by atoms with Crippen molar-refractivity contribution in [3.8, 4) is 0 Å². The van der Waals surface area contributed by atoms with Gasteiger partial charge in [-0.05, 0) is 30.4 Å². The lowest BCUT2D eigenvalue weighted by Gasteiger charge is -2.01. The zero-order chi connectivity index (χ0) is 10.7. The van der Waals surface area contributed by atoms with Crippen molar-refractivity contribution in [1.29, 1.82) is 0 Å². The third-order valence-electron chi connectivity index (χ3n) is 2.29. The van der Waals surface area contributed by atoms with Crippen LogP contribution in [0.25, 0.3) is 16.8 Å². The van der Waals surface area contributed by atoms with E-state index in [0.29, 0.717) is 5.92 Å². The van der Waals surface area contributed by atoms with Crippen molar-refractivity contribution >= 4 is 16.8 Å². The smallest absolute Gasteiger partial charge is 0.0704 e. The zero-order valence-electron chi connectivity index (χ0n) is 8.85. The van der Waals surface area contributed by atoms with Crippen molar-refractivity contribution in [3.63, 3.8) is 0 Å². The van der Waals surface area contributed by atoms with Gasteiger partial charge in [0.05, 0.1) is 5.69 Å². The molecule has 1 atom stereocenters. The monoisotopic (exact) mass is 196 g/mol. The molecule has 0 aliphatic carbocycles. The zero-order valence-corrected chi connectivity index (χ0v) is 8.85. The maximum absolute atomic E-state index is 4.36. The van der Waals surface area contributed by atoms with E-state index in [1.54, 1.807) is 0 Å². The van der Waals surface area contributed by atoms with Crippen LogP contribution in [-0.2, 0) is 0 Å². The van der Waals surface area contributed by atoms with Crippen molar-refractivity contribution in [2.45, 2.75) is 6.92 Å². The van der Waals surface area contributed by atoms with Crippen LogP contribution in [0.15, 0.2) is 42.6 Å². The van der Waals surface area contributed by atoms with Crippen molar-refractivity contribution in [1.82, 2.24) is 4.98 Å². The van der Waals surface area contributed by atoms with Crippen molar-refractivity contribution in [2.24, 2.45) is 5.92 Å². The Morgan fingerprint density at radius 1 is 1.27 bits per heavy atom. The first-order valence-corrected chi connectivity index (χ1v) is 5.12. The van der Waals surface area contributed by atoms with Crippen molar-refractivity contribution < 1.29 is 0 Å². The van der Waals surface area contributed by atoms with Gasteiger partial charge in [0.25, 0.3) is 0 Å². The Bertz CT molecular complexity index is 478. The average molecular weight is 196 g/mol. The molecule has 0 aliphatic heterocycles. The SMILES string of the molecule is [CH2]C(C)C=Cc1nccc2ccccc12. The number of benzene rings is 1. The molecular weight excluding hydrogens is 182 g/mol. The second-order valence-electron chi connectivity index (χ2n) is 3.75. The molecule has 0 aliphatic rings. The molecule has 0 saturated heterocycles. The van der Waals surface area contributed by atoms with Gasteiger partial charge < -0.3 is 0 Å². The summed E-state index contributed by atoms with van der Waals surface area (Å²) in [6, 6.07) is 10.3. The van der Waals surface area contributed by atoms with E-state index in [0.717, 1.165) is 5.69 Å². The molecule has 0 amide bonds. The van der Waals surface area contributed by atoms with Crippen molar-refractivity contribution in [2.75, 3.05) is 0 Å². The van der Waals surface area contributed by atoms with Gasteiger partial charge in [0.2, 0.25) is 0 Å². The number of rotatable bonds is 2. The van der Waals surface area contributed by atoms with E-state index >= 15 is 0 Å². The quantitative estimate of drug-likeness (QED) is 0.713. The summed E-state index contributed by atoms with van der Waals surface area (Å²) in [6.07, 6.45) is 5.95. The number of hydrogen-bond donors (Lipinski definition) is 0. The number of aromatic nitrogens is 1. The standard InChI is InChI=1S/C14H14N/c1-11(2)7-8-14-13-6-4-3-5-12(13)9-10-15-14/h3-11H,1H2,2H3. The molecule has 1 heterocycles. The number of hydrogen-bond acceptors (Lipinski definition) is 1. The lowest BCUT2D eigenvalue weighted by Crippen LogP contribution is -1.84. The number of fused-ring (bicyclic) bond motifs is 1. The fraction of sp³-hybridized carbons (Fsp3) is 0.143. The van der Waals surface area contributed by atoms with Gasteiger partial charge in [-0.3, -0.25) is 4.98 Å². The van der Waals surface area contributed by atoms with Gasteiger partial charge in [0.1, 0.15) is 0 Å². The van der Waals surface area contributed by atoms with Crippen LogP contribution < -0.4 is 0 Å². The summed E-state index contributed by atoms with van der Waals surface area (Å²) >= 11 is 0. The summed E-state index contributed by atoms with van der Waals surface area (Å²) in [5.74, 6) is 0.311. The summed E-state index contributed by atoms with van der Waals surface area (Å²) in [7, 11) is 0. The number of pyridine rings is 1. The highest BCUT2D eigenvalue weighted by Crippen LogP contribution is 2.17. The van der Waals surface area contributed by atoms with Crippen molar-refractivity contribution in [3.05, 3.63) is 55.2 Å². The van der Waals surface area contributed by atoms with Gasteiger partial charge >= 0.3 is 0 Å². The highest BCUT2D eigenvalue weighted by molar-refractivity contribution is 5.88. The average Bonchev–Trinajstić information content (AvgIpc) is 2.26. The lowest BCUT2D eigenvalue weighted by atomic mass is 10.1. The first-order chi connectivity index (χ1) is 7.27. The Hall–Kier alpha value is -1.63. The molecule has 1 unspecified atom stereocenters. The molecule has 75 valence electrons. The van der Waals surface area contributed by atoms with Gasteiger partial charge in [0.15, 0.2) is 0 Å². The first kappa shape index (κ1) is 9.91. The predicted molar refractivity (Wildman–Crippen MR) is 65.3 cm³/mol. The van der Waals surface area contributed by atoms with Crippen LogP contribution in [0.5, 0.6) is 0 Å². The second-order valence-corrected chi connectivity index (χ2v) is 3.75. The van der Waals surface area contributed by atoms with E-state index in [1.165, 1.54) is 10.8 Å². The first-order valence-electron chi connectivity index (χ1n) is 5.12.